The van der Waals surface area contributed by atoms with E-state index in [0.717, 1.165) is 12.2 Å². The molecule has 1 aromatic carbocycles. The molecule has 0 aliphatic heterocycles. The number of ether oxygens (including phenoxy) is 1. The summed E-state index contributed by atoms with van der Waals surface area (Å²) in [7, 11) is 0. The molecule has 0 aliphatic rings. The number of hydrogen-bond donors (Lipinski definition) is 1. The van der Waals surface area contributed by atoms with Gasteiger partial charge in [-0.2, -0.15) is 0 Å². The Morgan fingerprint density at radius 2 is 1.76 bits per heavy atom. The van der Waals surface area contributed by atoms with Crippen molar-refractivity contribution in [2.45, 2.75) is 20.0 Å². The third-order valence-electron chi connectivity index (χ3n) is 2.42. The Morgan fingerprint density at radius 3 is 2.35 bits per heavy atom. The van der Waals surface area contributed by atoms with Gasteiger partial charge in [0, 0.05) is 0 Å². The highest BCUT2D eigenvalue weighted by atomic mass is 16.5. The van der Waals surface area contributed by atoms with E-state index in [1.807, 2.05) is 12.1 Å². The van der Waals surface area contributed by atoms with Crippen LogP contribution in [-0.2, 0) is 13.0 Å². The van der Waals surface area contributed by atoms with Crippen LogP contribution in [0.25, 0.3) is 0 Å². The molecule has 0 amide bonds. The lowest BCUT2D eigenvalue weighted by Crippen LogP contribution is -2.02. The van der Waals surface area contributed by atoms with E-state index >= 15 is 0 Å². The summed E-state index contributed by atoms with van der Waals surface area (Å²) in [5.41, 5.74) is 7.35. The van der Waals surface area contributed by atoms with Crippen molar-refractivity contribution in [3.63, 3.8) is 0 Å². The number of hydrogen-bond acceptors (Lipinski definition) is 4. The third kappa shape index (κ3) is 3.17. The van der Waals surface area contributed by atoms with Gasteiger partial charge in [0.15, 0.2) is 5.82 Å². The second-order valence-electron chi connectivity index (χ2n) is 3.72. The number of rotatable bonds is 4. The van der Waals surface area contributed by atoms with Gasteiger partial charge in [0.25, 0.3) is 0 Å². The van der Waals surface area contributed by atoms with Gasteiger partial charge in [-0.3, -0.25) is 0 Å². The molecule has 2 rings (SSSR count). The van der Waals surface area contributed by atoms with E-state index in [4.69, 9.17) is 10.5 Å². The Labute approximate surface area is 100 Å². The fraction of sp³-hybridized carbons (Fsp3) is 0.231. The third-order valence-corrected chi connectivity index (χ3v) is 2.42. The summed E-state index contributed by atoms with van der Waals surface area (Å²) >= 11 is 0. The van der Waals surface area contributed by atoms with Crippen molar-refractivity contribution >= 4 is 5.69 Å². The first-order valence-electron chi connectivity index (χ1n) is 5.56. The zero-order valence-electron chi connectivity index (χ0n) is 9.76. The summed E-state index contributed by atoms with van der Waals surface area (Å²) in [6.07, 6.45) is 4.18. The molecule has 1 heterocycles. The van der Waals surface area contributed by atoms with Crippen LogP contribution in [0.5, 0.6) is 5.75 Å². The van der Waals surface area contributed by atoms with Crippen LogP contribution < -0.4 is 10.5 Å². The average Bonchev–Trinajstić information content (AvgIpc) is 2.39. The molecule has 2 aromatic rings. The summed E-state index contributed by atoms with van der Waals surface area (Å²) < 4.78 is 5.57. The number of nitrogen functional groups attached to an aromatic ring is 1. The first-order valence-corrected chi connectivity index (χ1v) is 5.56. The van der Waals surface area contributed by atoms with Gasteiger partial charge in [-0.05, 0) is 24.1 Å². The molecule has 0 atom stereocenters. The molecule has 17 heavy (non-hydrogen) atoms. The van der Waals surface area contributed by atoms with E-state index in [1.54, 1.807) is 12.4 Å². The molecule has 0 fully saturated rings. The Morgan fingerprint density at radius 1 is 1.12 bits per heavy atom. The lowest BCUT2D eigenvalue weighted by molar-refractivity contribution is 0.296. The predicted octanol–water partition coefficient (Wildman–Crippen LogP) is 2.20. The molecule has 4 nitrogen and oxygen atoms in total. The average molecular weight is 229 g/mol. The van der Waals surface area contributed by atoms with Crippen molar-refractivity contribution in [1.82, 2.24) is 9.97 Å². The topological polar surface area (TPSA) is 61.0 Å². The monoisotopic (exact) mass is 229 g/mol. The lowest BCUT2D eigenvalue weighted by atomic mass is 10.2. The molecule has 2 N–H and O–H groups in total. The fourth-order valence-electron chi connectivity index (χ4n) is 1.41. The number of nitrogens with two attached hydrogens (primary N) is 1. The largest absolute Gasteiger partial charge is 0.486 e. The number of benzene rings is 1. The van der Waals surface area contributed by atoms with Crippen LogP contribution >= 0.6 is 0 Å². The molecule has 88 valence electrons. The highest BCUT2D eigenvalue weighted by Gasteiger charge is 1.98. The van der Waals surface area contributed by atoms with E-state index in [0.29, 0.717) is 18.1 Å². The summed E-state index contributed by atoms with van der Waals surface area (Å²) in [5.74, 6) is 1.45. The van der Waals surface area contributed by atoms with Crippen molar-refractivity contribution in [2.24, 2.45) is 0 Å². The number of aromatic nitrogens is 2. The van der Waals surface area contributed by atoms with E-state index < -0.39 is 0 Å². The van der Waals surface area contributed by atoms with Crippen LogP contribution in [0.3, 0.4) is 0 Å². The van der Waals surface area contributed by atoms with E-state index in [1.165, 1.54) is 5.56 Å². The second-order valence-corrected chi connectivity index (χ2v) is 3.72. The minimum Gasteiger partial charge on any atom is -0.486 e. The molecule has 0 radical (unpaired) electrons. The molecular formula is C13H15N3O. The number of nitrogens with zero attached hydrogens (tertiary/aromatic N) is 2. The fourth-order valence-corrected chi connectivity index (χ4v) is 1.41. The van der Waals surface area contributed by atoms with E-state index in [-0.39, 0.29) is 0 Å². The van der Waals surface area contributed by atoms with Crippen LogP contribution in [0.4, 0.5) is 5.69 Å². The molecule has 0 bridgehead atoms. The van der Waals surface area contributed by atoms with Gasteiger partial charge in [-0.1, -0.05) is 19.1 Å². The number of aryl methyl sites for hydroxylation is 1. The van der Waals surface area contributed by atoms with Gasteiger partial charge in [0.05, 0.1) is 18.1 Å². The molecule has 4 heteroatoms. The first kappa shape index (κ1) is 11.4. The smallest absolute Gasteiger partial charge is 0.166 e. The van der Waals surface area contributed by atoms with Crippen molar-refractivity contribution in [3.8, 4) is 5.75 Å². The molecule has 0 saturated carbocycles. The maximum Gasteiger partial charge on any atom is 0.166 e. The van der Waals surface area contributed by atoms with Gasteiger partial charge in [-0.15, -0.1) is 0 Å². The summed E-state index contributed by atoms with van der Waals surface area (Å²) in [6, 6.07) is 8.02. The molecule has 1 aromatic heterocycles. The van der Waals surface area contributed by atoms with Gasteiger partial charge in [0.2, 0.25) is 0 Å². The predicted molar refractivity (Wildman–Crippen MR) is 66.6 cm³/mol. The molecule has 0 saturated heterocycles. The van der Waals surface area contributed by atoms with Crippen LogP contribution in [0.15, 0.2) is 36.7 Å². The maximum atomic E-state index is 5.57. The zero-order valence-corrected chi connectivity index (χ0v) is 9.76. The maximum absolute atomic E-state index is 5.57. The van der Waals surface area contributed by atoms with Crippen molar-refractivity contribution in [3.05, 3.63) is 48.0 Å². The van der Waals surface area contributed by atoms with Crippen molar-refractivity contribution < 1.29 is 4.74 Å². The molecule has 0 spiro atoms. The standard InChI is InChI=1S/C13H15N3O/c1-2-10-3-5-12(6-4-10)17-9-13-15-7-11(14)8-16-13/h3-8H,2,9,14H2,1H3. The van der Waals surface area contributed by atoms with E-state index in [9.17, 15) is 0 Å². The van der Waals surface area contributed by atoms with E-state index in [2.05, 4.69) is 29.0 Å². The lowest BCUT2D eigenvalue weighted by Gasteiger charge is -2.05. The van der Waals surface area contributed by atoms with Gasteiger partial charge < -0.3 is 10.5 Å². The summed E-state index contributed by atoms with van der Waals surface area (Å²) in [5, 5.41) is 0. The summed E-state index contributed by atoms with van der Waals surface area (Å²) in [6.45, 7) is 2.48. The SMILES string of the molecule is CCc1ccc(OCc2ncc(N)cn2)cc1. The van der Waals surface area contributed by atoms with Gasteiger partial charge in [-0.25, -0.2) is 9.97 Å². The quantitative estimate of drug-likeness (QED) is 0.873. The van der Waals surface area contributed by atoms with Gasteiger partial charge >= 0.3 is 0 Å². The first-order chi connectivity index (χ1) is 8.28. The second kappa shape index (κ2) is 5.30. The highest BCUT2D eigenvalue weighted by Crippen LogP contribution is 2.13. The minimum absolute atomic E-state index is 0.353. The zero-order chi connectivity index (χ0) is 12.1. The minimum atomic E-state index is 0.353. The Kier molecular flexibility index (Phi) is 3.55. The highest BCUT2D eigenvalue weighted by molar-refractivity contribution is 5.30. The normalized spacial score (nSPS) is 10.2. The molecular weight excluding hydrogens is 214 g/mol. The van der Waals surface area contributed by atoms with Crippen molar-refractivity contribution in [1.29, 1.82) is 0 Å². The summed E-state index contributed by atoms with van der Waals surface area (Å²) in [4.78, 5) is 8.13. The van der Waals surface area contributed by atoms with Gasteiger partial charge in [0.1, 0.15) is 12.4 Å². The van der Waals surface area contributed by atoms with Crippen molar-refractivity contribution in [2.75, 3.05) is 5.73 Å². The van der Waals surface area contributed by atoms with Crippen LogP contribution in [-0.4, -0.2) is 9.97 Å². The molecule has 0 unspecified atom stereocenters. The van der Waals surface area contributed by atoms with Crippen LogP contribution in [0, 0.1) is 0 Å². The Balaban J connectivity index is 1.95. The Bertz CT molecular complexity index is 465. The van der Waals surface area contributed by atoms with Crippen LogP contribution in [0.1, 0.15) is 18.3 Å². The molecule has 0 aliphatic carbocycles. The Hall–Kier alpha value is -2.10. The number of anilines is 1. The van der Waals surface area contributed by atoms with Crippen LogP contribution in [0.2, 0.25) is 0 Å².